The molecule has 164 valence electrons. The second-order valence-electron chi connectivity index (χ2n) is 7.60. The van der Waals surface area contributed by atoms with Gasteiger partial charge in [0.15, 0.2) is 12.4 Å². The Morgan fingerprint density at radius 1 is 0.938 bits per heavy atom. The van der Waals surface area contributed by atoms with E-state index in [1.807, 2.05) is 36.4 Å². The molecule has 1 saturated heterocycles. The van der Waals surface area contributed by atoms with E-state index in [0.29, 0.717) is 17.1 Å². The van der Waals surface area contributed by atoms with Gasteiger partial charge in [0.1, 0.15) is 5.75 Å². The minimum atomic E-state index is -0.289. The third-order valence-corrected chi connectivity index (χ3v) is 5.05. The van der Waals surface area contributed by atoms with Crippen LogP contribution in [0.25, 0.3) is 11.3 Å². The first-order valence-electron chi connectivity index (χ1n) is 10.6. The molecule has 0 aliphatic carbocycles. The highest BCUT2D eigenvalue weighted by molar-refractivity contribution is 5.92. The van der Waals surface area contributed by atoms with E-state index in [-0.39, 0.29) is 18.4 Å². The van der Waals surface area contributed by atoms with Crippen molar-refractivity contribution in [3.05, 3.63) is 60.7 Å². The number of amides is 2. The topological polar surface area (TPSA) is 96.4 Å². The summed E-state index contributed by atoms with van der Waals surface area (Å²) in [6, 6.07) is 18.3. The third kappa shape index (κ3) is 5.60. The van der Waals surface area contributed by atoms with Crippen LogP contribution < -0.4 is 20.3 Å². The van der Waals surface area contributed by atoms with Crippen molar-refractivity contribution in [3.63, 3.8) is 0 Å². The summed E-state index contributed by atoms with van der Waals surface area (Å²) in [7, 11) is 0. The zero-order valence-corrected chi connectivity index (χ0v) is 17.9. The van der Waals surface area contributed by atoms with Crippen LogP contribution in [0.15, 0.2) is 60.7 Å². The van der Waals surface area contributed by atoms with Gasteiger partial charge in [-0.2, -0.15) is 0 Å². The molecule has 0 spiro atoms. The standard InChI is InChI=1S/C24H25N5O3/c1-17(30)25-20-8-5-9-21(15-20)32-16-24(31)26-19-7-4-6-18(14-19)22-10-11-23(28-27-22)29-12-2-3-13-29/h4-11,14-15H,2-3,12-13,16H2,1H3,(H,25,30)(H,26,31). The lowest BCUT2D eigenvalue weighted by atomic mass is 10.1. The molecule has 0 unspecified atom stereocenters. The molecule has 2 heterocycles. The van der Waals surface area contributed by atoms with E-state index in [2.05, 4.69) is 25.7 Å². The number of hydrogen-bond acceptors (Lipinski definition) is 6. The Labute approximate surface area is 186 Å². The number of rotatable bonds is 7. The van der Waals surface area contributed by atoms with Crippen LogP contribution in [-0.2, 0) is 9.59 Å². The summed E-state index contributed by atoms with van der Waals surface area (Å²) in [5.41, 5.74) is 2.87. The molecule has 2 amide bonds. The van der Waals surface area contributed by atoms with E-state index >= 15 is 0 Å². The number of carbonyl (C=O) groups excluding carboxylic acids is 2. The Morgan fingerprint density at radius 3 is 2.41 bits per heavy atom. The van der Waals surface area contributed by atoms with Gasteiger partial charge < -0.3 is 20.3 Å². The lowest BCUT2D eigenvalue weighted by molar-refractivity contribution is -0.118. The number of aromatic nitrogens is 2. The van der Waals surface area contributed by atoms with Crippen LogP contribution in [0.4, 0.5) is 17.2 Å². The van der Waals surface area contributed by atoms with Crippen molar-refractivity contribution < 1.29 is 14.3 Å². The summed E-state index contributed by atoms with van der Waals surface area (Å²) in [5, 5.41) is 14.2. The van der Waals surface area contributed by atoms with Gasteiger partial charge in [0.25, 0.3) is 5.91 Å². The van der Waals surface area contributed by atoms with Gasteiger partial charge in [-0.15, -0.1) is 10.2 Å². The molecule has 0 bridgehead atoms. The predicted octanol–water partition coefficient (Wildman–Crippen LogP) is 3.72. The zero-order valence-electron chi connectivity index (χ0n) is 17.9. The van der Waals surface area contributed by atoms with E-state index in [1.54, 1.807) is 24.3 Å². The van der Waals surface area contributed by atoms with E-state index in [1.165, 1.54) is 19.8 Å². The summed E-state index contributed by atoms with van der Waals surface area (Å²) < 4.78 is 5.55. The van der Waals surface area contributed by atoms with Crippen molar-refractivity contribution in [1.29, 1.82) is 0 Å². The van der Waals surface area contributed by atoms with Crippen molar-refractivity contribution in [2.75, 3.05) is 35.2 Å². The second-order valence-corrected chi connectivity index (χ2v) is 7.60. The van der Waals surface area contributed by atoms with Crippen LogP contribution in [0, 0.1) is 0 Å². The Bertz CT molecular complexity index is 1090. The maximum atomic E-state index is 12.3. The highest BCUT2D eigenvalue weighted by atomic mass is 16.5. The normalized spacial score (nSPS) is 13.0. The molecule has 1 aliphatic rings. The fourth-order valence-electron chi connectivity index (χ4n) is 3.56. The highest BCUT2D eigenvalue weighted by Gasteiger charge is 2.14. The Balaban J connectivity index is 1.35. The molecule has 1 aromatic heterocycles. The van der Waals surface area contributed by atoms with E-state index in [4.69, 9.17) is 4.74 Å². The molecule has 32 heavy (non-hydrogen) atoms. The zero-order chi connectivity index (χ0) is 22.3. The lowest BCUT2D eigenvalue weighted by Crippen LogP contribution is -2.20. The first-order valence-corrected chi connectivity index (χ1v) is 10.6. The maximum Gasteiger partial charge on any atom is 0.262 e. The van der Waals surface area contributed by atoms with Gasteiger partial charge in [0, 0.05) is 43.0 Å². The largest absolute Gasteiger partial charge is 0.484 e. The molecule has 4 rings (SSSR count). The van der Waals surface area contributed by atoms with Crippen LogP contribution in [0.5, 0.6) is 5.75 Å². The van der Waals surface area contributed by atoms with Gasteiger partial charge in [-0.3, -0.25) is 9.59 Å². The molecule has 0 atom stereocenters. The molecule has 1 aliphatic heterocycles. The summed E-state index contributed by atoms with van der Waals surface area (Å²) in [6.45, 7) is 3.32. The van der Waals surface area contributed by atoms with E-state index < -0.39 is 0 Å². The Kier molecular flexibility index (Phi) is 6.60. The number of carbonyl (C=O) groups is 2. The number of ether oxygens (including phenoxy) is 1. The molecule has 8 heteroatoms. The molecular formula is C24H25N5O3. The quantitative estimate of drug-likeness (QED) is 0.592. The minimum Gasteiger partial charge on any atom is -0.484 e. The first kappa shape index (κ1) is 21.3. The van der Waals surface area contributed by atoms with Crippen molar-refractivity contribution >= 4 is 29.0 Å². The van der Waals surface area contributed by atoms with E-state index in [0.717, 1.165) is 30.2 Å². The smallest absolute Gasteiger partial charge is 0.262 e. The summed E-state index contributed by atoms with van der Waals surface area (Å²) >= 11 is 0. The van der Waals surface area contributed by atoms with Crippen molar-refractivity contribution in [2.45, 2.75) is 19.8 Å². The van der Waals surface area contributed by atoms with E-state index in [9.17, 15) is 9.59 Å². The monoisotopic (exact) mass is 431 g/mol. The predicted molar refractivity (Wildman–Crippen MR) is 124 cm³/mol. The molecule has 3 aromatic rings. The molecule has 8 nitrogen and oxygen atoms in total. The van der Waals surface area contributed by atoms with Gasteiger partial charge in [-0.25, -0.2) is 0 Å². The number of hydrogen-bond donors (Lipinski definition) is 2. The lowest BCUT2D eigenvalue weighted by Gasteiger charge is -2.15. The summed E-state index contributed by atoms with van der Waals surface area (Å²) in [6.07, 6.45) is 2.38. The van der Waals surface area contributed by atoms with Crippen LogP contribution in [0.1, 0.15) is 19.8 Å². The van der Waals surface area contributed by atoms with Crippen molar-refractivity contribution in [2.24, 2.45) is 0 Å². The third-order valence-electron chi connectivity index (χ3n) is 5.05. The van der Waals surface area contributed by atoms with Crippen molar-refractivity contribution in [1.82, 2.24) is 10.2 Å². The van der Waals surface area contributed by atoms with Gasteiger partial charge >= 0.3 is 0 Å². The SMILES string of the molecule is CC(=O)Nc1cccc(OCC(=O)Nc2cccc(-c3ccc(N4CCCC4)nn3)c2)c1. The van der Waals surface area contributed by atoms with Crippen LogP contribution >= 0.6 is 0 Å². The van der Waals surface area contributed by atoms with Gasteiger partial charge in [0.2, 0.25) is 5.91 Å². The fourth-order valence-corrected chi connectivity index (χ4v) is 3.56. The highest BCUT2D eigenvalue weighted by Crippen LogP contribution is 2.23. The maximum absolute atomic E-state index is 12.3. The number of anilines is 3. The van der Waals surface area contributed by atoms with Crippen LogP contribution in [0.3, 0.4) is 0 Å². The molecule has 0 radical (unpaired) electrons. The molecule has 2 N–H and O–H groups in total. The van der Waals surface area contributed by atoms with Gasteiger partial charge in [0.05, 0.1) is 5.69 Å². The summed E-state index contributed by atoms with van der Waals surface area (Å²) in [4.78, 5) is 25.8. The fraction of sp³-hybridized carbons (Fsp3) is 0.250. The second kappa shape index (κ2) is 9.91. The van der Waals surface area contributed by atoms with Gasteiger partial charge in [-0.1, -0.05) is 18.2 Å². The Morgan fingerprint density at radius 2 is 1.69 bits per heavy atom. The first-order chi connectivity index (χ1) is 15.6. The molecular weight excluding hydrogens is 406 g/mol. The number of benzene rings is 2. The van der Waals surface area contributed by atoms with Crippen LogP contribution in [-0.4, -0.2) is 41.7 Å². The minimum absolute atomic E-state index is 0.155. The number of nitrogens with one attached hydrogen (secondary N) is 2. The van der Waals surface area contributed by atoms with Crippen molar-refractivity contribution in [3.8, 4) is 17.0 Å². The average molecular weight is 431 g/mol. The Hall–Kier alpha value is -3.94. The molecule has 0 saturated carbocycles. The van der Waals surface area contributed by atoms with Crippen LogP contribution in [0.2, 0.25) is 0 Å². The molecule has 1 fully saturated rings. The number of nitrogens with zero attached hydrogens (tertiary/aromatic N) is 3. The van der Waals surface area contributed by atoms with Gasteiger partial charge in [-0.05, 0) is 49.2 Å². The molecule has 2 aromatic carbocycles. The summed E-state index contributed by atoms with van der Waals surface area (Å²) in [5.74, 6) is 0.932. The average Bonchev–Trinajstić information content (AvgIpc) is 3.33.